The Bertz CT molecular complexity index is 1560. The largest absolute Gasteiger partial charge is 0.494 e. The van der Waals surface area contributed by atoms with Crippen LogP contribution in [0.5, 0.6) is 11.5 Å². The van der Waals surface area contributed by atoms with Crippen molar-refractivity contribution in [3.8, 4) is 11.5 Å². The monoisotopic (exact) mass is 612 g/mol. The average Bonchev–Trinajstić information content (AvgIpc) is 3.29. The van der Waals surface area contributed by atoms with Crippen LogP contribution >= 0.6 is 27.5 Å². The number of methoxy groups -OCH3 is 1. The SMILES string of the molecule is COc1cc(OC(C)C)c2c3c1NC(=O)CN3C(=O)N1C2=NC(c2cc(Br)ccc2F)C1c1ccc(Cl)cc1. The number of benzene rings is 3. The molecule has 3 aliphatic heterocycles. The number of fused-ring (bicyclic) bond motifs is 2. The van der Waals surface area contributed by atoms with Crippen LogP contribution in [0.2, 0.25) is 5.02 Å². The zero-order valence-electron chi connectivity index (χ0n) is 21.2. The highest BCUT2D eigenvalue weighted by atomic mass is 79.9. The van der Waals surface area contributed by atoms with Crippen LogP contribution in [-0.4, -0.2) is 42.4 Å². The van der Waals surface area contributed by atoms with Crippen molar-refractivity contribution in [3.63, 3.8) is 0 Å². The van der Waals surface area contributed by atoms with Crippen molar-refractivity contribution in [2.75, 3.05) is 23.9 Å². The number of carbonyl (C=O) groups excluding carboxylic acids is 2. The topological polar surface area (TPSA) is 83.5 Å². The molecule has 3 aromatic carbocycles. The first-order chi connectivity index (χ1) is 18.7. The molecule has 39 heavy (non-hydrogen) atoms. The van der Waals surface area contributed by atoms with Gasteiger partial charge in [-0.1, -0.05) is 39.7 Å². The second-order valence-electron chi connectivity index (χ2n) is 9.69. The van der Waals surface area contributed by atoms with E-state index in [9.17, 15) is 9.59 Å². The molecule has 8 nitrogen and oxygen atoms in total. The fourth-order valence-corrected chi connectivity index (χ4v) is 5.84. The second-order valence-corrected chi connectivity index (χ2v) is 11.0. The number of amidine groups is 1. The lowest BCUT2D eigenvalue weighted by Gasteiger charge is -2.42. The van der Waals surface area contributed by atoms with E-state index in [4.69, 9.17) is 26.1 Å². The standard InChI is InChI=1S/C28H23BrClFN4O4/c1-13(2)39-19-11-20(38-3)24-26-22(19)27-33-23(17-10-15(29)6-9-18(17)31)25(14-4-7-16(30)8-5-14)35(27)28(37)34(26)12-21(36)32-24/h4-11,13,23,25H,12H2,1-3H3,(H,32,36). The van der Waals surface area contributed by atoms with Crippen molar-refractivity contribution in [1.82, 2.24) is 4.90 Å². The molecule has 0 radical (unpaired) electrons. The van der Waals surface area contributed by atoms with Crippen LogP contribution in [0.4, 0.5) is 20.6 Å². The Labute approximate surface area is 237 Å². The fourth-order valence-electron chi connectivity index (χ4n) is 5.34. The van der Waals surface area contributed by atoms with Gasteiger partial charge in [0.25, 0.3) is 0 Å². The molecule has 0 aliphatic carbocycles. The van der Waals surface area contributed by atoms with Crippen LogP contribution in [0, 0.1) is 5.82 Å². The van der Waals surface area contributed by atoms with Crippen molar-refractivity contribution in [2.45, 2.75) is 32.0 Å². The predicted molar refractivity (Wildman–Crippen MR) is 150 cm³/mol. The van der Waals surface area contributed by atoms with Crippen molar-refractivity contribution < 1.29 is 23.5 Å². The maximum atomic E-state index is 15.3. The molecule has 3 aliphatic rings. The molecule has 0 saturated carbocycles. The minimum atomic E-state index is -0.794. The lowest BCUT2D eigenvalue weighted by atomic mass is 9.92. The Hall–Kier alpha value is -3.63. The molecule has 6 rings (SSSR count). The highest BCUT2D eigenvalue weighted by Gasteiger charge is 2.52. The number of rotatable bonds is 5. The number of amides is 3. The van der Waals surface area contributed by atoms with E-state index >= 15 is 4.39 Å². The van der Waals surface area contributed by atoms with Crippen molar-refractivity contribution in [3.05, 3.63) is 80.5 Å². The molecular weight excluding hydrogens is 591 g/mol. The summed E-state index contributed by atoms with van der Waals surface area (Å²) in [5.74, 6) is 0.293. The fraction of sp³-hybridized carbons (Fsp3) is 0.250. The summed E-state index contributed by atoms with van der Waals surface area (Å²) in [4.78, 5) is 34.9. The first-order valence-corrected chi connectivity index (χ1v) is 13.5. The normalized spacial score (nSPS) is 19.5. The molecule has 0 bridgehead atoms. The van der Waals surface area contributed by atoms with Gasteiger partial charge in [0, 0.05) is 21.1 Å². The maximum absolute atomic E-state index is 15.3. The first kappa shape index (κ1) is 25.6. The number of carbonyl (C=O) groups is 2. The Morgan fingerprint density at radius 1 is 1.13 bits per heavy atom. The molecule has 0 aromatic heterocycles. The van der Waals surface area contributed by atoms with Gasteiger partial charge < -0.3 is 14.8 Å². The number of anilines is 2. The maximum Gasteiger partial charge on any atom is 0.331 e. The molecule has 3 amide bonds. The number of hydrogen-bond donors (Lipinski definition) is 1. The summed E-state index contributed by atoms with van der Waals surface area (Å²) in [6.07, 6.45) is -0.214. The number of aliphatic imine (C=N–C) groups is 1. The van der Waals surface area contributed by atoms with Crippen LogP contribution in [0.3, 0.4) is 0 Å². The number of urea groups is 1. The molecule has 0 saturated heterocycles. The van der Waals surface area contributed by atoms with Gasteiger partial charge >= 0.3 is 6.03 Å². The number of nitrogens with zero attached hydrogens (tertiary/aromatic N) is 3. The molecule has 0 spiro atoms. The number of nitrogens with one attached hydrogen (secondary N) is 1. The van der Waals surface area contributed by atoms with E-state index in [1.54, 1.807) is 42.5 Å². The van der Waals surface area contributed by atoms with E-state index in [0.717, 1.165) is 0 Å². The number of ether oxygens (including phenoxy) is 2. The van der Waals surface area contributed by atoms with Crippen LogP contribution in [-0.2, 0) is 4.79 Å². The summed E-state index contributed by atoms with van der Waals surface area (Å²) in [7, 11) is 1.48. The van der Waals surface area contributed by atoms with Crippen molar-refractivity contribution >= 4 is 56.7 Å². The third-order valence-corrected chi connectivity index (χ3v) is 7.61. The summed E-state index contributed by atoms with van der Waals surface area (Å²) < 4.78 is 27.8. The van der Waals surface area contributed by atoms with Gasteiger partial charge in [0.2, 0.25) is 5.91 Å². The van der Waals surface area contributed by atoms with E-state index in [-0.39, 0.29) is 18.6 Å². The van der Waals surface area contributed by atoms with E-state index in [1.165, 1.54) is 23.0 Å². The third-order valence-electron chi connectivity index (χ3n) is 6.86. The first-order valence-electron chi connectivity index (χ1n) is 12.3. The van der Waals surface area contributed by atoms with Gasteiger partial charge in [-0.05, 0) is 49.7 Å². The Morgan fingerprint density at radius 3 is 2.56 bits per heavy atom. The summed E-state index contributed by atoms with van der Waals surface area (Å²) in [5.41, 5.74) is 2.35. The quantitative estimate of drug-likeness (QED) is 0.357. The minimum absolute atomic E-state index is 0.208. The Morgan fingerprint density at radius 2 is 1.87 bits per heavy atom. The van der Waals surface area contributed by atoms with Crippen LogP contribution in [0.1, 0.15) is 42.6 Å². The van der Waals surface area contributed by atoms with Crippen LogP contribution < -0.4 is 19.7 Å². The minimum Gasteiger partial charge on any atom is -0.494 e. The second kappa shape index (κ2) is 9.53. The average molecular weight is 614 g/mol. The summed E-state index contributed by atoms with van der Waals surface area (Å²) in [5, 5.41) is 3.36. The molecule has 3 heterocycles. The lowest BCUT2D eigenvalue weighted by Crippen LogP contribution is -2.55. The van der Waals surface area contributed by atoms with Gasteiger partial charge in [-0.15, -0.1) is 0 Å². The van der Waals surface area contributed by atoms with Crippen molar-refractivity contribution in [2.24, 2.45) is 4.99 Å². The van der Waals surface area contributed by atoms with Gasteiger partial charge in [-0.25, -0.2) is 9.18 Å². The summed E-state index contributed by atoms with van der Waals surface area (Å²) in [6, 6.07) is 11.4. The molecule has 2 unspecified atom stereocenters. The zero-order valence-corrected chi connectivity index (χ0v) is 23.5. The van der Waals surface area contributed by atoms with Crippen LogP contribution in [0.25, 0.3) is 0 Å². The van der Waals surface area contributed by atoms with Gasteiger partial charge in [-0.3, -0.25) is 19.6 Å². The van der Waals surface area contributed by atoms with Crippen LogP contribution in [0.15, 0.2) is 58.0 Å². The smallest absolute Gasteiger partial charge is 0.331 e. The highest BCUT2D eigenvalue weighted by molar-refractivity contribution is 9.10. The summed E-state index contributed by atoms with van der Waals surface area (Å²) in [6.45, 7) is 3.56. The zero-order chi connectivity index (χ0) is 27.6. The Kier molecular flexibility index (Phi) is 6.27. The van der Waals surface area contributed by atoms with E-state index in [2.05, 4.69) is 21.2 Å². The highest BCUT2D eigenvalue weighted by Crippen LogP contribution is 2.54. The summed E-state index contributed by atoms with van der Waals surface area (Å²) >= 11 is 9.62. The van der Waals surface area contributed by atoms with Gasteiger partial charge in [-0.2, -0.15) is 0 Å². The molecular formula is C28H23BrClFN4O4. The molecule has 200 valence electrons. The van der Waals surface area contributed by atoms with E-state index < -0.39 is 23.9 Å². The van der Waals surface area contributed by atoms with Gasteiger partial charge in [0.05, 0.1) is 30.5 Å². The molecule has 1 N–H and O–H groups in total. The van der Waals surface area contributed by atoms with E-state index in [0.29, 0.717) is 54.9 Å². The molecule has 11 heteroatoms. The Balaban J connectivity index is 1.65. The van der Waals surface area contributed by atoms with Gasteiger partial charge in [0.1, 0.15) is 41.4 Å². The molecule has 3 aromatic rings. The number of halogens is 3. The van der Waals surface area contributed by atoms with Gasteiger partial charge in [0.15, 0.2) is 0 Å². The molecule has 0 fully saturated rings. The number of hydrogen-bond acceptors (Lipinski definition) is 5. The predicted octanol–water partition coefficient (Wildman–Crippen LogP) is 6.47. The van der Waals surface area contributed by atoms with E-state index in [1.807, 2.05) is 13.8 Å². The van der Waals surface area contributed by atoms with Crippen molar-refractivity contribution in [1.29, 1.82) is 0 Å². The molecule has 2 atom stereocenters. The lowest BCUT2D eigenvalue weighted by molar-refractivity contribution is -0.115. The third kappa shape index (κ3) is 4.13.